The standard InChI is InChI=1S/C7H3BrClF2NO2/c8-5-3(7(13)14)4(9)2(1-12-5)6(10)11/h1,6H,(H,13,14). The van der Waals surface area contributed by atoms with Gasteiger partial charge < -0.3 is 5.11 Å². The second-order valence-corrected chi connectivity index (χ2v) is 3.43. The van der Waals surface area contributed by atoms with E-state index < -0.39 is 28.5 Å². The molecule has 0 aromatic carbocycles. The summed E-state index contributed by atoms with van der Waals surface area (Å²) < 4.78 is 24.5. The molecule has 0 unspecified atom stereocenters. The van der Waals surface area contributed by atoms with Crippen LogP contribution in [-0.2, 0) is 0 Å². The van der Waals surface area contributed by atoms with Gasteiger partial charge in [-0.1, -0.05) is 11.6 Å². The molecule has 0 aliphatic heterocycles. The number of halogens is 4. The van der Waals surface area contributed by atoms with Crippen LogP contribution in [0.3, 0.4) is 0 Å². The van der Waals surface area contributed by atoms with Crippen molar-refractivity contribution in [2.75, 3.05) is 0 Å². The van der Waals surface area contributed by atoms with Gasteiger partial charge in [-0.15, -0.1) is 0 Å². The Morgan fingerprint density at radius 2 is 2.21 bits per heavy atom. The summed E-state index contributed by atoms with van der Waals surface area (Å²) in [6.07, 6.45) is -2.01. The van der Waals surface area contributed by atoms with Gasteiger partial charge in [0.15, 0.2) is 0 Å². The van der Waals surface area contributed by atoms with E-state index >= 15 is 0 Å². The third-order valence-electron chi connectivity index (χ3n) is 1.45. The minimum absolute atomic E-state index is 0.0700. The minimum atomic E-state index is -2.85. The summed E-state index contributed by atoms with van der Waals surface area (Å²) in [6.45, 7) is 0. The van der Waals surface area contributed by atoms with Gasteiger partial charge in [0, 0.05) is 6.20 Å². The van der Waals surface area contributed by atoms with E-state index in [2.05, 4.69) is 20.9 Å². The lowest BCUT2D eigenvalue weighted by atomic mass is 10.2. The first-order chi connectivity index (χ1) is 6.45. The van der Waals surface area contributed by atoms with Gasteiger partial charge in [-0.25, -0.2) is 18.6 Å². The fraction of sp³-hybridized carbons (Fsp3) is 0.143. The molecule has 0 fully saturated rings. The van der Waals surface area contributed by atoms with Gasteiger partial charge in [0.25, 0.3) is 6.43 Å². The van der Waals surface area contributed by atoms with Crippen LogP contribution in [0.5, 0.6) is 0 Å². The van der Waals surface area contributed by atoms with Crippen molar-refractivity contribution < 1.29 is 18.7 Å². The molecule has 0 bridgehead atoms. The number of aromatic carboxylic acids is 1. The topological polar surface area (TPSA) is 50.2 Å². The number of carbonyl (C=O) groups is 1. The predicted octanol–water partition coefficient (Wildman–Crippen LogP) is 3.13. The van der Waals surface area contributed by atoms with Crippen LogP contribution < -0.4 is 0 Å². The number of carboxylic acids is 1. The first-order valence-corrected chi connectivity index (χ1v) is 4.47. The number of hydrogen-bond acceptors (Lipinski definition) is 2. The maximum absolute atomic E-state index is 12.3. The number of nitrogens with zero attached hydrogens (tertiary/aromatic N) is 1. The second-order valence-electron chi connectivity index (χ2n) is 2.30. The Bertz CT molecular complexity index is 386. The highest BCUT2D eigenvalue weighted by Crippen LogP contribution is 2.32. The summed E-state index contributed by atoms with van der Waals surface area (Å²) in [5.41, 5.74) is -1.04. The first-order valence-electron chi connectivity index (χ1n) is 3.30. The van der Waals surface area contributed by atoms with Gasteiger partial charge >= 0.3 is 5.97 Å². The predicted molar refractivity (Wildman–Crippen MR) is 48.9 cm³/mol. The zero-order valence-corrected chi connectivity index (χ0v) is 8.81. The lowest BCUT2D eigenvalue weighted by molar-refractivity contribution is 0.0695. The number of carboxylic acid groups (broad SMARTS) is 1. The third kappa shape index (κ3) is 2.01. The number of alkyl halides is 2. The smallest absolute Gasteiger partial charge is 0.340 e. The molecule has 0 saturated carbocycles. The van der Waals surface area contributed by atoms with Gasteiger partial charge in [-0.3, -0.25) is 0 Å². The summed E-state index contributed by atoms with van der Waals surface area (Å²) >= 11 is 8.28. The van der Waals surface area contributed by atoms with Crippen LogP contribution in [0.15, 0.2) is 10.8 Å². The highest BCUT2D eigenvalue weighted by Gasteiger charge is 2.22. The van der Waals surface area contributed by atoms with Crippen LogP contribution in [0, 0.1) is 0 Å². The van der Waals surface area contributed by atoms with E-state index in [-0.39, 0.29) is 4.60 Å². The molecule has 0 saturated heterocycles. The number of pyridine rings is 1. The van der Waals surface area contributed by atoms with E-state index in [1.807, 2.05) is 0 Å². The zero-order chi connectivity index (χ0) is 10.9. The van der Waals surface area contributed by atoms with Crippen LogP contribution in [0.25, 0.3) is 0 Å². The van der Waals surface area contributed by atoms with E-state index in [4.69, 9.17) is 16.7 Å². The maximum Gasteiger partial charge on any atom is 0.340 e. The fourth-order valence-electron chi connectivity index (χ4n) is 0.817. The Balaban J connectivity index is 3.41. The summed E-state index contributed by atoms with van der Waals surface area (Å²) in [6, 6.07) is 0. The summed E-state index contributed by atoms with van der Waals surface area (Å²) in [5, 5.41) is 8.16. The molecular formula is C7H3BrClF2NO2. The normalized spacial score (nSPS) is 10.6. The van der Waals surface area contributed by atoms with Gasteiger partial charge in [0.1, 0.15) is 10.2 Å². The van der Waals surface area contributed by atoms with E-state index in [1.165, 1.54) is 0 Å². The summed E-state index contributed by atoms with van der Waals surface area (Å²) in [5.74, 6) is -1.41. The maximum atomic E-state index is 12.3. The summed E-state index contributed by atoms with van der Waals surface area (Å²) in [7, 11) is 0. The van der Waals surface area contributed by atoms with Gasteiger partial charge in [-0.05, 0) is 15.9 Å². The Morgan fingerprint density at radius 1 is 1.64 bits per heavy atom. The molecule has 76 valence electrons. The van der Waals surface area contributed by atoms with E-state index in [9.17, 15) is 13.6 Å². The lowest BCUT2D eigenvalue weighted by Gasteiger charge is -2.06. The van der Waals surface area contributed by atoms with Crippen molar-refractivity contribution in [1.29, 1.82) is 0 Å². The van der Waals surface area contributed by atoms with Crippen LogP contribution in [0.4, 0.5) is 8.78 Å². The average molecular weight is 286 g/mol. The van der Waals surface area contributed by atoms with Crippen molar-refractivity contribution in [2.24, 2.45) is 0 Å². The summed E-state index contributed by atoms with van der Waals surface area (Å²) in [4.78, 5) is 14.1. The molecule has 3 nitrogen and oxygen atoms in total. The highest BCUT2D eigenvalue weighted by atomic mass is 79.9. The Labute approximate surface area is 90.8 Å². The number of rotatable bonds is 2. The van der Waals surface area contributed by atoms with Crippen molar-refractivity contribution in [3.63, 3.8) is 0 Å². The van der Waals surface area contributed by atoms with Crippen molar-refractivity contribution in [2.45, 2.75) is 6.43 Å². The van der Waals surface area contributed by atoms with E-state index in [1.54, 1.807) is 0 Å². The van der Waals surface area contributed by atoms with Gasteiger partial charge in [-0.2, -0.15) is 0 Å². The van der Waals surface area contributed by atoms with Crippen molar-refractivity contribution in [3.8, 4) is 0 Å². The number of aromatic nitrogens is 1. The first kappa shape index (κ1) is 11.3. The molecule has 0 radical (unpaired) electrons. The molecule has 1 rings (SSSR count). The van der Waals surface area contributed by atoms with E-state index in [0.29, 0.717) is 0 Å². The van der Waals surface area contributed by atoms with Crippen molar-refractivity contribution >= 4 is 33.5 Å². The Kier molecular flexibility index (Phi) is 3.38. The van der Waals surface area contributed by atoms with Crippen LogP contribution in [-0.4, -0.2) is 16.1 Å². The Hall–Kier alpha value is -0.750. The molecule has 0 amide bonds. The minimum Gasteiger partial charge on any atom is -0.478 e. The number of hydrogen-bond donors (Lipinski definition) is 1. The van der Waals surface area contributed by atoms with Gasteiger partial charge in [0.05, 0.1) is 10.6 Å². The molecule has 7 heteroatoms. The molecule has 1 N–H and O–H groups in total. The van der Waals surface area contributed by atoms with Crippen LogP contribution in [0.2, 0.25) is 5.02 Å². The molecule has 0 atom stereocenters. The molecule has 14 heavy (non-hydrogen) atoms. The second kappa shape index (κ2) is 4.18. The van der Waals surface area contributed by atoms with Crippen LogP contribution >= 0.6 is 27.5 Å². The van der Waals surface area contributed by atoms with E-state index in [0.717, 1.165) is 6.20 Å². The third-order valence-corrected chi connectivity index (χ3v) is 2.45. The van der Waals surface area contributed by atoms with Gasteiger partial charge in [0.2, 0.25) is 0 Å². The molecule has 1 aromatic rings. The monoisotopic (exact) mass is 285 g/mol. The molecule has 1 heterocycles. The van der Waals surface area contributed by atoms with Crippen molar-refractivity contribution in [3.05, 3.63) is 26.9 Å². The quantitative estimate of drug-likeness (QED) is 0.850. The lowest BCUT2D eigenvalue weighted by Crippen LogP contribution is -2.03. The van der Waals surface area contributed by atoms with Crippen LogP contribution in [0.1, 0.15) is 22.3 Å². The van der Waals surface area contributed by atoms with Crippen molar-refractivity contribution in [1.82, 2.24) is 4.98 Å². The molecule has 1 aromatic heterocycles. The molecule has 0 aliphatic carbocycles. The Morgan fingerprint density at radius 3 is 2.64 bits per heavy atom. The SMILES string of the molecule is O=C(O)c1c(Br)ncc(C(F)F)c1Cl. The molecular weight excluding hydrogens is 283 g/mol. The fourth-order valence-corrected chi connectivity index (χ4v) is 1.70. The molecule has 0 spiro atoms. The zero-order valence-electron chi connectivity index (χ0n) is 6.47. The molecule has 0 aliphatic rings. The highest BCUT2D eigenvalue weighted by molar-refractivity contribution is 9.10. The average Bonchev–Trinajstić information content (AvgIpc) is 2.02. The largest absolute Gasteiger partial charge is 0.478 e.